The summed E-state index contributed by atoms with van der Waals surface area (Å²) in [5.74, 6) is 8.14. The fraction of sp³-hybridized carbons (Fsp3) is 0.209. The Morgan fingerprint density at radius 2 is 1.38 bits per heavy atom. The molecule has 0 unspecified atom stereocenters. The molecule has 0 amide bonds. The maximum atomic E-state index is 6.18. The molecule has 0 aliphatic heterocycles. The molecular formula is C43H42GeIrN2O-2. The predicted octanol–water partition coefficient (Wildman–Crippen LogP) is 11.5. The number of benzene rings is 4. The van der Waals surface area contributed by atoms with Crippen LogP contribution in [0.5, 0.6) is 0 Å². The third-order valence-electron chi connectivity index (χ3n) is 8.66. The zero-order chi connectivity index (χ0) is 33.1. The van der Waals surface area contributed by atoms with Crippen LogP contribution in [0.4, 0.5) is 0 Å². The van der Waals surface area contributed by atoms with Crippen LogP contribution in [0.1, 0.15) is 50.7 Å². The van der Waals surface area contributed by atoms with Crippen molar-refractivity contribution in [3.8, 4) is 33.6 Å². The van der Waals surface area contributed by atoms with E-state index in [4.69, 9.17) is 4.42 Å². The molecule has 1 radical (unpaired) electrons. The number of hydrogen-bond acceptors (Lipinski definition) is 3. The predicted molar refractivity (Wildman–Crippen MR) is 201 cm³/mol. The average molecular weight is 868 g/mol. The molecule has 0 saturated carbocycles. The van der Waals surface area contributed by atoms with E-state index in [1.165, 1.54) is 21.1 Å². The van der Waals surface area contributed by atoms with Crippen LogP contribution in [0, 0.1) is 12.1 Å². The van der Waals surface area contributed by atoms with Gasteiger partial charge in [0.1, 0.15) is 5.58 Å². The summed E-state index contributed by atoms with van der Waals surface area (Å²) in [6, 6.07) is 42.4. The molecule has 4 aromatic carbocycles. The number of nitrogens with zero attached hydrogens (tertiary/aromatic N) is 2. The first-order valence-corrected chi connectivity index (χ1v) is 23.8. The normalized spacial score (nSPS) is 11.4. The van der Waals surface area contributed by atoms with Crippen molar-refractivity contribution in [2.24, 2.45) is 0 Å². The van der Waals surface area contributed by atoms with E-state index in [0.29, 0.717) is 11.8 Å². The Hall–Kier alpha value is -3.83. The van der Waals surface area contributed by atoms with Gasteiger partial charge in [0, 0.05) is 31.7 Å². The summed E-state index contributed by atoms with van der Waals surface area (Å²) in [6.45, 7) is 8.83. The van der Waals surface area contributed by atoms with Crippen LogP contribution in [-0.4, -0.2) is 23.2 Å². The SMILES string of the molecule is CC(C)c1ccc(-c2ccc3c(c2)oc2c[c-]c(-c4cc(C(C)C)ccn4)cc23)cc1.[CH3][Ge]([CH3])([CH3])[c]1ccc(-c2[c-]cccc2)nc1.[Ir]. The Bertz CT molecular complexity index is 2110. The molecule has 3 nitrogen and oxygen atoms in total. The van der Waals surface area contributed by atoms with Crippen molar-refractivity contribution >= 4 is 39.6 Å². The van der Waals surface area contributed by atoms with E-state index in [1.54, 1.807) is 0 Å². The van der Waals surface area contributed by atoms with E-state index in [2.05, 4.69) is 140 Å². The molecule has 0 spiro atoms. The molecule has 7 aromatic rings. The summed E-state index contributed by atoms with van der Waals surface area (Å²) < 4.78 is 7.62. The average Bonchev–Trinajstić information content (AvgIpc) is 3.46. The summed E-state index contributed by atoms with van der Waals surface area (Å²) in [6.07, 6.45) is 3.92. The minimum Gasteiger partial charge on any atom is 0 e. The first-order valence-electron chi connectivity index (χ1n) is 16.4. The Morgan fingerprint density at radius 1 is 0.625 bits per heavy atom. The van der Waals surface area contributed by atoms with Gasteiger partial charge in [-0.25, -0.2) is 0 Å². The number of hydrogen-bond donors (Lipinski definition) is 0. The van der Waals surface area contributed by atoms with E-state index in [9.17, 15) is 0 Å². The second kappa shape index (κ2) is 15.2. The molecule has 3 aromatic heterocycles. The Balaban J connectivity index is 0.000000224. The van der Waals surface area contributed by atoms with Crippen LogP contribution in [0.25, 0.3) is 55.6 Å². The Morgan fingerprint density at radius 3 is 2.02 bits per heavy atom. The van der Waals surface area contributed by atoms with Crippen LogP contribution in [0.15, 0.2) is 120 Å². The number of furan rings is 1. The van der Waals surface area contributed by atoms with E-state index in [1.807, 2.05) is 42.7 Å². The summed E-state index contributed by atoms with van der Waals surface area (Å²) in [5.41, 5.74) is 10.8. The van der Waals surface area contributed by atoms with Gasteiger partial charge in [-0.05, 0) is 46.4 Å². The quantitative estimate of drug-likeness (QED) is 0.123. The largest absolute Gasteiger partial charge is 0 e. The minimum atomic E-state index is -1.72. The molecular weight excluding hydrogens is 825 g/mol. The van der Waals surface area contributed by atoms with E-state index in [0.717, 1.165) is 50.0 Å². The van der Waals surface area contributed by atoms with Crippen molar-refractivity contribution in [3.63, 3.8) is 0 Å². The molecule has 5 heteroatoms. The second-order valence-corrected chi connectivity index (χ2v) is 24.5. The van der Waals surface area contributed by atoms with Crippen molar-refractivity contribution in [1.29, 1.82) is 0 Å². The van der Waals surface area contributed by atoms with Gasteiger partial charge in [-0.15, -0.1) is 23.8 Å². The van der Waals surface area contributed by atoms with E-state index >= 15 is 0 Å². The number of fused-ring (bicyclic) bond motifs is 3. The first kappa shape index (κ1) is 35.5. The van der Waals surface area contributed by atoms with Gasteiger partial charge < -0.3 is 9.40 Å². The topological polar surface area (TPSA) is 38.9 Å². The minimum absolute atomic E-state index is 0. The smallest absolute Gasteiger partial charge is 0 e. The van der Waals surface area contributed by atoms with Gasteiger partial charge in [-0.2, -0.15) is 0 Å². The fourth-order valence-corrected chi connectivity index (χ4v) is 7.78. The molecule has 0 bridgehead atoms. The third kappa shape index (κ3) is 8.06. The molecule has 3 heterocycles. The van der Waals surface area contributed by atoms with E-state index in [-0.39, 0.29) is 20.1 Å². The standard InChI is InChI=1S/C29H26NO.C14H16GeN.Ir/c1-18(2)20-5-7-21(8-6-20)23-9-11-25-26-15-24(10-12-28(26)31-29(25)17-23)27-16-22(19(3)4)13-14-30-27;1-15(2,3)13-9-10-14(16-11-13)12-7-5-4-6-8-12;/h5-9,11-19H,1-4H3;4-7,9-11H,1-3H3;/q2*-1;. The van der Waals surface area contributed by atoms with Crippen molar-refractivity contribution in [3.05, 3.63) is 139 Å². The summed E-state index contributed by atoms with van der Waals surface area (Å²) in [4.78, 5) is 9.11. The van der Waals surface area contributed by atoms with Crippen LogP contribution in [0.3, 0.4) is 0 Å². The van der Waals surface area contributed by atoms with Crippen LogP contribution in [-0.2, 0) is 20.1 Å². The van der Waals surface area contributed by atoms with Crippen LogP contribution >= 0.6 is 0 Å². The Kier molecular flexibility index (Phi) is 11.2. The van der Waals surface area contributed by atoms with Gasteiger partial charge in [0.15, 0.2) is 0 Å². The first-order chi connectivity index (χ1) is 22.6. The molecule has 0 fully saturated rings. The van der Waals surface area contributed by atoms with Gasteiger partial charge >= 0.3 is 99.8 Å². The number of aromatic nitrogens is 2. The monoisotopic (exact) mass is 869 g/mol. The van der Waals surface area contributed by atoms with Crippen LogP contribution < -0.4 is 4.40 Å². The van der Waals surface area contributed by atoms with Gasteiger partial charge in [0.25, 0.3) is 0 Å². The fourth-order valence-electron chi connectivity index (χ4n) is 5.61. The van der Waals surface area contributed by atoms with Gasteiger partial charge in [0.2, 0.25) is 0 Å². The summed E-state index contributed by atoms with van der Waals surface area (Å²) in [7, 11) is 0. The Labute approximate surface area is 301 Å². The van der Waals surface area contributed by atoms with Crippen molar-refractivity contribution in [2.45, 2.75) is 56.8 Å². The van der Waals surface area contributed by atoms with Crippen LogP contribution in [0.2, 0.25) is 17.3 Å². The zero-order valence-electron chi connectivity index (χ0n) is 28.8. The van der Waals surface area contributed by atoms with Crippen molar-refractivity contribution in [2.75, 3.05) is 0 Å². The molecule has 0 N–H and O–H groups in total. The molecule has 48 heavy (non-hydrogen) atoms. The third-order valence-corrected chi connectivity index (χ3v) is 12.9. The molecule has 0 aliphatic rings. The van der Waals surface area contributed by atoms with Crippen molar-refractivity contribution < 1.29 is 24.5 Å². The van der Waals surface area contributed by atoms with Gasteiger partial charge in [-0.3, -0.25) is 0 Å². The summed E-state index contributed by atoms with van der Waals surface area (Å²) in [5, 5.41) is 2.22. The molecule has 7 rings (SSSR count). The van der Waals surface area contributed by atoms with Gasteiger partial charge in [0.05, 0.1) is 5.58 Å². The number of rotatable bonds is 6. The molecule has 0 saturated heterocycles. The number of pyridine rings is 2. The van der Waals surface area contributed by atoms with Gasteiger partial charge in [-0.1, -0.05) is 81.1 Å². The zero-order valence-corrected chi connectivity index (χ0v) is 33.3. The molecule has 0 aliphatic carbocycles. The second-order valence-electron chi connectivity index (χ2n) is 13.8. The van der Waals surface area contributed by atoms with E-state index < -0.39 is 13.3 Å². The molecule has 0 atom stereocenters. The maximum Gasteiger partial charge on any atom is 0 e. The van der Waals surface area contributed by atoms with Crippen molar-refractivity contribution in [1.82, 2.24) is 9.97 Å². The summed E-state index contributed by atoms with van der Waals surface area (Å²) >= 11 is -1.72. The molecule has 245 valence electrons. The maximum absolute atomic E-state index is 6.18.